The van der Waals surface area contributed by atoms with E-state index in [-0.39, 0.29) is 9.79 Å². The summed E-state index contributed by atoms with van der Waals surface area (Å²) >= 11 is 0. The van der Waals surface area contributed by atoms with Crippen molar-refractivity contribution in [2.75, 3.05) is 13.2 Å². The molecule has 0 unspecified atom stereocenters. The van der Waals surface area contributed by atoms with Crippen molar-refractivity contribution in [1.82, 2.24) is 0 Å². The van der Waals surface area contributed by atoms with Gasteiger partial charge in [-0.15, -0.1) is 0 Å². The largest absolute Gasteiger partial charge is 0.744 e. The van der Waals surface area contributed by atoms with E-state index in [0.717, 1.165) is 25.7 Å². The van der Waals surface area contributed by atoms with Gasteiger partial charge in [-0.25, -0.2) is 16.8 Å². The minimum atomic E-state index is -4.45. The molecule has 2 aromatic rings. The van der Waals surface area contributed by atoms with Gasteiger partial charge >= 0.3 is 0 Å². The zero-order valence-corrected chi connectivity index (χ0v) is 17.7. The number of hydrogen-bond donors (Lipinski definition) is 0. The molecule has 0 spiro atoms. The third-order valence-corrected chi connectivity index (χ3v) is 6.86. The molecule has 0 heterocycles. The predicted octanol–water partition coefficient (Wildman–Crippen LogP) is 2.76. The summed E-state index contributed by atoms with van der Waals surface area (Å²) in [5.41, 5.74) is 0. The van der Waals surface area contributed by atoms with Crippen molar-refractivity contribution in [1.29, 1.82) is 0 Å². The standard InChI is InChI=1S/C20H24O8S2/c21-29(22,23)19-9-5-17(6-10-19)27-13-15-1-2-16(4-3-15)14-28-18-7-11-20(12-8-18)30(24,25)26/h5-12,15-16H,1-4,13-14H2,(H,21,22,23)(H,24,25,26)/p-2. The first-order valence-corrected chi connectivity index (χ1v) is 12.3. The summed E-state index contributed by atoms with van der Waals surface area (Å²) in [7, 11) is -8.91. The topological polar surface area (TPSA) is 133 Å². The lowest BCUT2D eigenvalue weighted by Gasteiger charge is -2.28. The Balaban J connectivity index is 1.39. The van der Waals surface area contributed by atoms with Crippen molar-refractivity contribution in [3.63, 3.8) is 0 Å². The van der Waals surface area contributed by atoms with Gasteiger partial charge in [-0.3, -0.25) is 0 Å². The molecule has 2 aromatic carbocycles. The van der Waals surface area contributed by atoms with Crippen LogP contribution < -0.4 is 9.47 Å². The van der Waals surface area contributed by atoms with Gasteiger partial charge in [0.05, 0.1) is 23.0 Å². The van der Waals surface area contributed by atoms with Crippen LogP contribution in [0.1, 0.15) is 25.7 Å². The molecule has 0 bridgehead atoms. The Kier molecular flexibility index (Phi) is 7.02. The highest BCUT2D eigenvalue weighted by molar-refractivity contribution is 7.86. The summed E-state index contributed by atoms with van der Waals surface area (Å²) < 4.78 is 77.0. The van der Waals surface area contributed by atoms with Crippen LogP contribution in [0, 0.1) is 11.8 Å². The van der Waals surface area contributed by atoms with Gasteiger partial charge in [0.25, 0.3) is 0 Å². The van der Waals surface area contributed by atoms with Crippen molar-refractivity contribution >= 4 is 20.2 Å². The van der Waals surface area contributed by atoms with Gasteiger partial charge in [0, 0.05) is 0 Å². The highest BCUT2D eigenvalue weighted by Gasteiger charge is 2.22. The minimum Gasteiger partial charge on any atom is -0.744 e. The van der Waals surface area contributed by atoms with Gasteiger partial charge in [0.2, 0.25) is 0 Å². The van der Waals surface area contributed by atoms with Crippen molar-refractivity contribution in [3.05, 3.63) is 48.5 Å². The Morgan fingerprint density at radius 3 is 1.20 bits per heavy atom. The van der Waals surface area contributed by atoms with Crippen LogP contribution in [0.5, 0.6) is 11.5 Å². The van der Waals surface area contributed by atoms with E-state index >= 15 is 0 Å². The molecule has 0 saturated heterocycles. The quantitative estimate of drug-likeness (QED) is 0.556. The van der Waals surface area contributed by atoms with E-state index in [2.05, 4.69) is 0 Å². The molecular formula is C20H22O8S2-2. The van der Waals surface area contributed by atoms with E-state index in [9.17, 15) is 25.9 Å². The van der Waals surface area contributed by atoms with Gasteiger partial charge in [-0.2, -0.15) is 0 Å². The van der Waals surface area contributed by atoms with Crippen LogP contribution in [0.25, 0.3) is 0 Å². The van der Waals surface area contributed by atoms with E-state index in [1.807, 2.05) is 0 Å². The molecular weight excluding hydrogens is 432 g/mol. The SMILES string of the molecule is O=S(=O)([O-])c1ccc(OCC2CCC(COc3ccc(S(=O)(=O)[O-])cc3)CC2)cc1. The Bertz CT molecular complexity index is 949. The van der Waals surface area contributed by atoms with Crippen molar-refractivity contribution < 1.29 is 35.4 Å². The number of hydrogen-bond acceptors (Lipinski definition) is 8. The van der Waals surface area contributed by atoms with Gasteiger partial charge in [0.15, 0.2) is 0 Å². The molecule has 10 heteroatoms. The second-order valence-electron chi connectivity index (χ2n) is 7.36. The molecule has 8 nitrogen and oxygen atoms in total. The molecule has 1 aliphatic carbocycles. The molecule has 0 amide bonds. The Morgan fingerprint density at radius 1 is 0.633 bits per heavy atom. The Labute approximate surface area is 176 Å². The van der Waals surface area contributed by atoms with Gasteiger partial charge in [-0.1, -0.05) is 0 Å². The second kappa shape index (κ2) is 9.34. The maximum absolute atomic E-state index is 10.9. The van der Waals surface area contributed by atoms with E-state index in [0.29, 0.717) is 36.5 Å². The molecule has 1 fully saturated rings. The van der Waals surface area contributed by atoms with Crippen LogP contribution in [0.15, 0.2) is 58.3 Å². The highest BCUT2D eigenvalue weighted by Crippen LogP contribution is 2.30. The highest BCUT2D eigenvalue weighted by atomic mass is 32.2. The molecule has 0 N–H and O–H groups in total. The molecule has 164 valence electrons. The van der Waals surface area contributed by atoms with Crippen molar-refractivity contribution in [2.45, 2.75) is 35.5 Å². The maximum Gasteiger partial charge on any atom is 0.124 e. The zero-order chi connectivity index (χ0) is 21.8. The summed E-state index contributed by atoms with van der Waals surface area (Å²) in [6.45, 7) is 1.03. The van der Waals surface area contributed by atoms with E-state index in [4.69, 9.17) is 9.47 Å². The summed E-state index contributed by atoms with van der Waals surface area (Å²) in [5.74, 6) is 1.81. The van der Waals surface area contributed by atoms with Crippen LogP contribution in [0.4, 0.5) is 0 Å². The Hall–Kier alpha value is -2.14. The van der Waals surface area contributed by atoms with Gasteiger partial charge < -0.3 is 18.6 Å². The number of benzene rings is 2. The molecule has 0 atom stereocenters. The average molecular weight is 455 g/mol. The molecule has 0 aromatic heterocycles. The number of rotatable bonds is 8. The van der Waals surface area contributed by atoms with Gasteiger partial charge in [0.1, 0.15) is 31.7 Å². The molecule has 1 saturated carbocycles. The zero-order valence-electron chi connectivity index (χ0n) is 16.1. The summed E-state index contributed by atoms with van der Waals surface area (Å²) in [6, 6.07) is 10.9. The molecule has 1 aliphatic rings. The van der Waals surface area contributed by atoms with Gasteiger partial charge in [-0.05, 0) is 86.1 Å². The van der Waals surface area contributed by atoms with E-state index < -0.39 is 20.2 Å². The average Bonchev–Trinajstić information content (AvgIpc) is 2.71. The van der Waals surface area contributed by atoms with Crippen LogP contribution in [0.2, 0.25) is 0 Å². The van der Waals surface area contributed by atoms with Crippen LogP contribution >= 0.6 is 0 Å². The maximum atomic E-state index is 10.9. The van der Waals surface area contributed by atoms with Crippen molar-refractivity contribution in [2.24, 2.45) is 11.8 Å². The van der Waals surface area contributed by atoms with Crippen LogP contribution in [0.3, 0.4) is 0 Å². The fourth-order valence-corrected chi connectivity index (χ4v) is 4.34. The first-order chi connectivity index (χ1) is 14.1. The molecule has 0 radical (unpaired) electrons. The van der Waals surface area contributed by atoms with Crippen molar-refractivity contribution in [3.8, 4) is 11.5 Å². The monoisotopic (exact) mass is 454 g/mol. The Morgan fingerprint density at radius 2 is 0.933 bits per heavy atom. The normalized spacial score (nSPS) is 19.9. The molecule has 0 aliphatic heterocycles. The first-order valence-electron chi connectivity index (χ1n) is 9.49. The summed E-state index contributed by atoms with van der Waals surface area (Å²) in [4.78, 5) is -0.556. The third kappa shape index (κ3) is 6.43. The summed E-state index contributed by atoms with van der Waals surface area (Å²) in [5, 5.41) is 0. The molecule has 3 rings (SSSR count). The fourth-order valence-electron chi connectivity index (χ4n) is 3.40. The first kappa shape index (κ1) is 22.5. The smallest absolute Gasteiger partial charge is 0.124 e. The van der Waals surface area contributed by atoms with E-state index in [1.54, 1.807) is 0 Å². The second-order valence-corrected chi connectivity index (χ2v) is 10.1. The lowest BCUT2D eigenvalue weighted by Crippen LogP contribution is -2.23. The number of ether oxygens (including phenoxy) is 2. The van der Waals surface area contributed by atoms with Crippen LogP contribution in [-0.4, -0.2) is 39.2 Å². The lowest BCUT2D eigenvalue weighted by molar-refractivity contribution is 0.148. The minimum absolute atomic E-state index is 0.278. The molecule has 30 heavy (non-hydrogen) atoms. The lowest BCUT2D eigenvalue weighted by atomic mass is 9.83. The fraction of sp³-hybridized carbons (Fsp3) is 0.400. The summed E-state index contributed by atoms with van der Waals surface area (Å²) in [6.07, 6.45) is 3.87. The van der Waals surface area contributed by atoms with E-state index in [1.165, 1.54) is 48.5 Å². The van der Waals surface area contributed by atoms with Crippen LogP contribution in [-0.2, 0) is 20.2 Å². The third-order valence-electron chi connectivity index (χ3n) is 5.16. The predicted molar refractivity (Wildman–Crippen MR) is 105 cm³/mol.